The lowest BCUT2D eigenvalue weighted by Gasteiger charge is -2.37. The van der Waals surface area contributed by atoms with E-state index in [9.17, 15) is 5.11 Å². The average molecular weight is 329 g/mol. The highest BCUT2D eigenvalue weighted by atomic mass is 16.7. The molecular formula is C17H31NO5. The number of rotatable bonds is 4. The molecule has 0 unspecified atom stereocenters. The molecule has 3 fully saturated rings. The van der Waals surface area contributed by atoms with Gasteiger partial charge in [-0.3, -0.25) is 0 Å². The fourth-order valence-corrected chi connectivity index (χ4v) is 3.61. The molecule has 0 aromatic carbocycles. The van der Waals surface area contributed by atoms with E-state index in [1.807, 2.05) is 0 Å². The van der Waals surface area contributed by atoms with E-state index in [1.165, 1.54) is 6.42 Å². The van der Waals surface area contributed by atoms with Crippen LogP contribution in [0.15, 0.2) is 0 Å². The number of aliphatic hydroxyl groups excluding tert-OH is 1. The Morgan fingerprint density at radius 2 is 1.78 bits per heavy atom. The number of hydrogen-bond donors (Lipinski definition) is 2. The van der Waals surface area contributed by atoms with Gasteiger partial charge < -0.3 is 29.8 Å². The molecule has 3 N–H and O–H groups in total. The molecule has 23 heavy (non-hydrogen) atoms. The third kappa shape index (κ3) is 4.24. The zero-order chi connectivity index (χ0) is 16.5. The number of ether oxygens (including phenoxy) is 4. The van der Waals surface area contributed by atoms with Crippen LogP contribution in [0, 0.1) is 5.41 Å². The Bertz CT molecular complexity index is 386. The van der Waals surface area contributed by atoms with E-state index < -0.39 is 18.2 Å². The molecule has 6 heteroatoms. The van der Waals surface area contributed by atoms with Gasteiger partial charge in [-0.1, -0.05) is 20.3 Å². The molecule has 2 saturated heterocycles. The Hall–Kier alpha value is -0.240. The molecule has 0 aromatic rings. The molecule has 0 amide bonds. The molecule has 1 spiro atoms. The van der Waals surface area contributed by atoms with Crippen LogP contribution in [0.25, 0.3) is 0 Å². The number of aliphatic hydroxyl groups is 1. The van der Waals surface area contributed by atoms with Crippen LogP contribution < -0.4 is 5.73 Å². The van der Waals surface area contributed by atoms with Crippen LogP contribution in [-0.4, -0.2) is 55.3 Å². The van der Waals surface area contributed by atoms with Gasteiger partial charge in [0.05, 0.1) is 32.0 Å². The maximum Gasteiger partial charge on any atom is 0.172 e. The second-order valence-corrected chi connectivity index (χ2v) is 8.06. The first-order chi connectivity index (χ1) is 10.9. The predicted molar refractivity (Wildman–Crippen MR) is 84.7 cm³/mol. The summed E-state index contributed by atoms with van der Waals surface area (Å²) in [6.45, 7) is 5.86. The van der Waals surface area contributed by atoms with Gasteiger partial charge in [0.15, 0.2) is 12.1 Å². The molecule has 1 aliphatic carbocycles. The molecule has 2 heterocycles. The summed E-state index contributed by atoms with van der Waals surface area (Å²) in [5.74, 6) is -0.462. The monoisotopic (exact) mass is 329 g/mol. The van der Waals surface area contributed by atoms with Crippen molar-refractivity contribution in [1.29, 1.82) is 0 Å². The normalized spacial score (nSPS) is 33.7. The fraction of sp³-hybridized carbons (Fsp3) is 1.00. The van der Waals surface area contributed by atoms with Gasteiger partial charge in [0.25, 0.3) is 0 Å². The van der Waals surface area contributed by atoms with Gasteiger partial charge in [0.2, 0.25) is 0 Å². The second-order valence-electron chi connectivity index (χ2n) is 8.06. The summed E-state index contributed by atoms with van der Waals surface area (Å²) in [4.78, 5) is 0. The van der Waals surface area contributed by atoms with Crippen molar-refractivity contribution in [1.82, 2.24) is 0 Å². The molecule has 0 radical (unpaired) electrons. The fourth-order valence-electron chi connectivity index (χ4n) is 3.61. The van der Waals surface area contributed by atoms with E-state index in [-0.39, 0.29) is 17.6 Å². The highest BCUT2D eigenvalue weighted by Crippen LogP contribution is 2.39. The summed E-state index contributed by atoms with van der Waals surface area (Å²) in [5.41, 5.74) is 6.19. The molecule has 2 aliphatic heterocycles. The number of hydrogen-bond acceptors (Lipinski definition) is 6. The van der Waals surface area contributed by atoms with Crippen LogP contribution in [-0.2, 0) is 18.9 Å². The van der Waals surface area contributed by atoms with E-state index in [0.29, 0.717) is 26.2 Å². The van der Waals surface area contributed by atoms with Crippen LogP contribution in [0.3, 0.4) is 0 Å². The first-order valence-electron chi connectivity index (χ1n) is 8.88. The minimum atomic E-state index is -0.659. The third-order valence-corrected chi connectivity index (χ3v) is 5.06. The lowest BCUT2D eigenvalue weighted by Crippen LogP contribution is -2.49. The van der Waals surface area contributed by atoms with Crippen LogP contribution in [0.2, 0.25) is 0 Å². The van der Waals surface area contributed by atoms with E-state index in [2.05, 4.69) is 13.8 Å². The summed E-state index contributed by atoms with van der Waals surface area (Å²) >= 11 is 0. The largest absolute Gasteiger partial charge is 0.390 e. The standard InChI is InChI=1S/C17H31NO5/c1-16(2)10-20-15(21-11-16)12(18)8-13(19)14-9-22-17(23-14)6-4-3-5-7-17/h12-15,19H,3-11,18H2,1-2H3/t12-,13-,14+/m0/s1. The maximum atomic E-state index is 10.5. The highest BCUT2D eigenvalue weighted by molar-refractivity contribution is 4.87. The zero-order valence-electron chi connectivity index (χ0n) is 14.3. The van der Waals surface area contributed by atoms with Crippen molar-refractivity contribution in [3.8, 4) is 0 Å². The summed E-state index contributed by atoms with van der Waals surface area (Å²) in [5, 5.41) is 10.5. The molecule has 1 saturated carbocycles. The van der Waals surface area contributed by atoms with Gasteiger partial charge >= 0.3 is 0 Å². The van der Waals surface area contributed by atoms with Gasteiger partial charge in [0, 0.05) is 18.3 Å². The Morgan fingerprint density at radius 3 is 2.43 bits per heavy atom. The minimum Gasteiger partial charge on any atom is -0.390 e. The predicted octanol–water partition coefficient (Wildman–Crippen LogP) is 1.54. The topological polar surface area (TPSA) is 83.2 Å². The van der Waals surface area contributed by atoms with Gasteiger partial charge in [-0.15, -0.1) is 0 Å². The first-order valence-corrected chi connectivity index (χ1v) is 8.88. The summed E-state index contributed by atoms with van der Waals surface area (Å²) in [7, 11) is 0. The van der Waals surface area contributed by atoms with Crippen molar-refractivity contribution >= 4 is 0 Å². The minimum absolute atomic E-state index is 0.0185. The van der Waals surface area contributed by atoms with E-state index in [4.69, 9.17) is 24.7 Å². The summed E-state index contributed by atoms with van der Waals surface area (Å²) < 4.78 is 23.3. The molecular weight excluding hydrogens is 298 g/mol. The molecule has 6 nitrogen and oxygen atoms in total. The lowest BCUT2D eigenvalue weighted by atomic mass is 9.94. The van der Waals surface area contributed by atoms with Crippen molar-refractivity contribution < 1.29 is 24.1 Å². The quantitative estimate of drug-likeness (QED) is 0.814. The van der Waals surface area contributed by atoms with Crippen molar-refractivity contribution in [3.63, 3.8) is 0 Å². The molecule has 3 rings (SSSR count). The molecule has 0 bridgehead atoms. The van der Waals surface area contributed by atoms with Crippen LogP contribution in [0.5, 0.6) is 0 Å². The van der Waals surface area contributed by atoms with Crippen molar-refractivity contribution in [2.45, 2.75) is 82.7 Å². The first kappa shape index (κ1) is 17.6. The molecule has 3 aliphatic rings. The Labute approximate surface area is 138 Å². The van der Waals surface area contributed by atoms with Crippen molar-refractivity contribution in [2.24, 2.45) is 11.1 Å². The Kier molecular flexibility index (Phi) is 5.30. The second kappa shape index (κ2) is 6.94. The van der Waals surface area contributed by atoms with Crippen molar-refractivity contribution in [2.75, 3.05) is 19.8 Å². The van der Waals surface area contributed by atoms with Gasteiger partial charge in [-0.2, -0.15) is 0 Å². The van der Waals surface area contributed by atoms with Crippen LogP contribution >= 0.6 is 0 Å². The van der Waals surface area contributed by atoms with Crippen LogP contribution in [0.4, 0.5) is 0 Å². The van der Waals surface area contributed by atoms with E-state index in [0.717, 1.165) is 25.7 Å². The molecule has 134 valence electrons. The van der Waals surface area contributed by atoms with Gasteiger partial charge in [0.1, 0.15) is 6.10 Å². The van der Waals surface area contributed by atoms with E-state index >= 15 is 0 Å². The van der Waals surface area contributed by atoms with Gasteiger partial charge in [-0.25, -0.2) is 0 Å². The average Bonchev–Trinajstić information content (AvgIpc) is 2.91. The smallest absolute Gasteiger partial charge is 0.172 e. The van der Waals surface area contributed by atoms with E-state index in [1.54, 1.807) is 0 Å². The lowest BCUT2D eigenvalue weighted by molar-refractivity contribution is -0.234. The summed E-state index contributed by atoms with van der Waals surface area (Å²) in [6.07, 6.45) is 4.30. The Balaban J connectivity index is 1.46. The van der Waals surface area contributed by atoms with Crippen LogP contribution in [0.1, 0.15) is 52.4 Å². The maximum absolute atomic E-state index is 10.5. The number of nitrogens with two attached hydrogens (primary N) is 1. The summed E-state index contributed by atoms with van der Waals surface area (Å²) in [6, 6.07) is -0.368. The molecule has 0 aromatic heterocycles. The Morgan fingerprint density at radius 1 is 1.13 bits per heavy atom. The third-order valence-electron chi connectivity index (χ3n) is 5.06. The van der Waals surface area contributed by atoms with Crippen molar-refractivity contribution in [3.05, 3.63) is 0 Å². The zero-order valence-corrected chi connectivity index (χ0v) is 14.3. The van der Waals surface area contributed by atoms with Gasteiger partial charge in [-0.05, 0) is 19.3 Å². The highest BCUT2D eigenvalue weighted by Gasteiger charge is 2.45. The molecule has 3 atom stereocenters. The SMILES string of the molecule is CC1(C)COC([C@@H](N)C[C@H](O)[C@H]2COC3(CCCCC3)O2)OC1.